The van der Waals surface area contributed by atoms with Crippen molar-refractivity contribution in [1.29, 1.82) is 0 Å². The lowest BCUT2D eigenvalue weighted by atomic mass is 10.2. The first kappa shape index (κ1) is 11.4. The normalized spacial score (nSPS) is 10.8. The average Bonchev–Trinajstić information content (AvgIpc) is 3.06. The Labute approximate surface area is 108 Å². The van der Waals surface area contributed by atoms with Crippen molar-refractivity contribution in [1.82, 2.24) is 30.3 Å². The van der Waals surface area contributed by atoms with Crippen LogP contribution in [0.5, 0.6) is 0 Å². The van der Waals surface area contributed by atoms with E-state index in [0.29, 0.717) is 18.1 Å². The molecule has 0 aliphatic carbocycles. The molecule has 0 saturated carbocycles. The van der Waals surface area contributed by atoms with Gasteiger partial charge in [-0.25, -0.2) is 4.98 Å². The quantitative estimate of drug-likeness (QED) is 0.730. The van der Waals surface area contributed by atoms with E-state index in [9.17, 15) is 4.79 Å². The summed E-state index contributed by atoms with van der Waals surface area (Å²) in [5.74, 6) is 0.476. The van der Waals surface area contributed by atoms with Crippen LogP contribution in [0, 0.1) is 0 Å². The van der Waals surface area contributed by atoms with Gasteiger partial charge in [-0.2, -0.15) is 10.2 Å². The zero-order valence-electron chi connectivity index (χ0n) is 10.3. The molecule has 7 nitrogen and oxygen atoms in total. The van der Waals surface area contributed by atoms with Gasteiger partial charge in [0.15, 0.2) is 5.69 Å². The SMILES string of the molecule is CN(Cc1ncn[nH]1)C(=O)c1n[nH]c2ccccc12. The van der Waals surface area contributed by atoms with Crippen LogP contribution in [0.4, 0.5) is 0 Å². The Balaban J connectivity index is 1.87. The van der Waals surface area contributed by atoms with E-state index in [1.54, 1.807) is 11.9 Å². The summed E-state index contributed by atoms with van der Waals surface area (Å²) in [5.41, 5.74) is 1.26. The van der Waals surface area contributed by atoms with Gasteiger partial charge >= 0.3 is 0 Å². The van der Waals surface area contributed by atoms with Gasteiger partial charge in [-0.3, -0.25) is 15.0 Å². The summed E-state index contributed by atoms with van der Waals surface area (Å²) in [7, 11) is 1.70. The minimum absolute atomic E-state index is 0.158. The molecule has 2 aromatic heterocycles. The van der Waals surface area contributed by atoms with Gasteiger partial charge in [0.25, 0.3) is 5.91 Å². The second kappa shape index (κ2) is 4.52. The average molecular weight is 256 g/mol. The molecule has 1 amide bonds. The van der Waals surface area contributed by atoms with Crippen molar-refractivity contribution in [2.24, 2.45) is 0 Å². The summed E-state index contributed by atoms with van der Waals surface area (Å²) in [6, 6.07) is 7.53. The molecule has 19 heavy (non-hydrogen) atoms. The number of nitrogens with zero attached hydrogens (tertiary/aromatic N) is 4. The zero-order chi connectivity index (χ0) is 13.2. The molecule has 3 rings (SSSR count). The predicted molar refractivity (Wildman–Crippen MR) is 68.3 cm³/mol. The summed E-state index contributed by atoms with van der Waals surface area (Å²) < 4.78 is 0. The molecule has 0 radical (unpaired) electrons. The van der Waals surface area contributed by atoms with E-state index in [1.807, 2.05) is 24.3 Å². The summed E-state index contributed by atoms with van der Waals surface area (Å²) in [6.45, 7) is 0.361. The van der Waals surface area contributed by atoms with Crippen molar-refractivity contribution in [2.45, 2.75) is 6.54 Å². The minimum atomic E-state index is -0.158. The number of aromatic amines is 2. The summed E-state index contributed by atoms with van der Waals surface area (Å²) >= 11 is 0. The standard InChI is InChI=1S/C12H12N6O/c1-18(6-10-13-7-14-16-10)12(19)11-8-4-2-3-5-9(8)15-17-11/h2-5,7H,6H2,1H3,(H,15,17)(H,13,14,16). The van der Waals surface area contributed by atoms with Crippen LogP contribution in [0.2, 0.25) is 0 Å². The number of hydrogen-bond donors (Lipinski definition) is 2. The van der Waals surface area contributed by atoms with Crippen molar-refractivity contribution < 1.29 is 4.79 Å². The van der Waals surface area contributed by atoms with Gasteiger partial charge in [-0.05, 0) is 6.07 Å². The predicted octanol–water partition coefficient (Wildman–Crippen LogP) is 0.953. The maximum absolute atomic E-state index is 12.3. The summed E-state index contributed by atoms with van der Waals surface area (Å²) in [5, 5.41) is 14.2. The van der Waals surface area contributed by atoms with Crippen molar-refractivity contribution in [3.8, 4) is 0 Å². The Bertz CT molecular complexity index is 702. The van der Waals surface area contributed by atoms with E-state index >= 15 is 0 Å². The van der Waals surface area contributed by atoms with Crippen LogP contribution in [0.25, 0.3) is 10.9 Å². The fourth-order valence-corrected chi connectivity index (χ4v) is 1.91. The van der Waals surface area contributed by atoms with Gasteiger partial charge in [0.05, 0.1) is 12.1 Å². The van der Waals surface area contributed by atoms with Crippen LogP contribution in [-0.4, -0.2) is 43.2 Å². The molecule has 0 spiro atoms. The van der Waals surface area contributed by atoms with Crippen LogP contribution in [0.15, 0.2) is 30.6 Å². The molecule has 2 heterocycles. The van der Waals surface area contributed by atoms with E-state index in [1.165, 1.54) is 6.33 Å². The second-order valence-corrected chi connectivity index (χ2v) is 4.21. The van der Waals surface area contributed by atoms with Gasteiger partial charge in [-0.1, -0.05) is 18.2 Å². The Morgan fingerprint density at radius 3 is 2.95 bits per heavy atom. The van der Waals surface area contributed by atoms with E-state index in [-0.39, 0.29) is 5.91 Å². The van der Waals surface area contributed by atoms with E-state index in [2.05, 4.69) is 25.4 Å². The van der Waals surface area contributed by atoms with Gasteiger partial charge < -0.3 is 4.90 Å². The van der Waals surface area contributed by atoms with Crippen molar-refractivity contribution in [3.05, 3.63) is 42.1 Å². The number of benzene rings is 1. The third-order valence-electron chi connectivity index (χ3n) is 2.87. The zero-order valence-corrected chi connectivity index (χ0v) is 10.3. The number of hydrogen-bond acceptors (Lipinski definition) is 4. The number of H-pyrrole nitrogens is 2. The first-order chi connectivity index (χ1) is 9.25. The molecule has 0 unspecified atom stereocenters. The lowest BCUT2D eigenvalue weighted by Crippen LogP contribution is -2.27. The molecular formula is C12H12N6O. The fourth-order valence-electron chi connectivity index (χ4n) is 1.91. The smallest absolute Gasteiger partial charge is 0.275 e. The molecule has 2 N–H and O–H groups in total. The largest absolute Gasteiger partial charge is 0.333 e. The minimum Gasteiger partial charge on any atom is -0.333 e. The topological polar surface area (TPSA) is 90.6 Å². The Hall–Kier alpha value is -2.70. The van der Waals surface area contributed by atoms with Gasteiger partial charge in [0, 0.05) is 12.4 Å². The monoisotopic (exact) mass is 256 g/mol. The number of carbonyl (C=O) groups is 1. The van der Waals surface area contributed by atoms with Gasteiger partial charge in [0.1, 0.15) is 12.2 Å². The number of para-hydroxylation sites is 1. The first-order valence-corrected chi connectivity index (χ1v) is 5.78. The molecule has 0 saturated heterocycles. The third-order valence-corrected chi connectivity index (χ3v) is 2.87. The van der Waals surface area contributed by atoms with E-state index in [0.717, 1.165) is 10.9 Å². The number of rotatable bonds is 3. The second-order valence-electron chi connectivity index (χ2n) is 4.21. The Morgan fingerprint density at radius 1 is 1.32 bits per heavy atom. The molecular weight excluding hydrogens is 244 g/mol. The van der Waals surface area contributed by atoms with Crippen LogP contribution in [-0.2, 0) is 6.54 Å². The Morgan fingerprint density at radius 2 is 2.16 bits per heavy atom. The highest BCUT2D eigenvalue weighted by atomic mass is 16.2. The van der Waals surface area contributed by atoms with Crippen molar-refractivity contribution in [2.75, 3.05) is 7.05 Å². The molecule has 3 aromatic rings. The van der Waals surface area contributed by atoms with Crippen LogP contribution in [0.3, 0.4) is 0 Å². The molecule has 1 aromatic carbocycles. The molecule has 0 fully saturated rings. The van der Waals surface area contributed by atoms with Crippen LogP contribution < -0.4 is 0 Å². The number of amides is 1. The Kier molecular flexibility index (Phi) is 2.71. The number of aromatic nitrogens is 5. The van der Waals surface area contributed by atoms with Crippen LogP contribution >= 0.6 is 0 Å². The molecule has 7 heteroatoms. The fraction of sp³-hybridized carbons (Fsp3) is 0.167. The lowest BCUT2D eigenvalue weighted by molar-refractivity contribution is 0.0777. The summed E-state index contributed by atoms with van der Waals surface area (Å²) in [4.78, 5) is 17.9. The first-order valence-electron chi connectivity index (χ1n) is 5.78. The van der Waals surface area contributed by atoms with Gasteiger partial charge in [-0.15, -0.1) is 0 Å². The maximum atomic E-state index is 12.3. The molecule has 0 atom stereocenters. The summed E-state index contributed by atoms with van der Waals surface area (Å²) in [6.07, 6.45) is 1.41. The number of fused-ring (bicyclic) bond motifs is 1. The molecule has 0 aliphatic heterocycles. The van der Waals surface area contributed by atoms with E-state index < -0.39 is 0 Å². The molecule has 0 bridgehead atoms. The number of nitrogens with one attached hydrogen (secondary N) is 2. The molecule has 0 aliphatic rings. The van der Waals surface area contributed by atoms with Crippen molar-refractivity contribution in [3.63, 3.8) is 0 Å². The number of carbonyl (C=O) groups excluding carboxylic acids is 1. The van der Waals surface area contributed by atoms with Gasteiger partial charge in [0.2, 0.25) is 0 Å². The lowest BCUT2D eigenvalue weighted by Gasteiger charge is -2.13. The highest BCUT2D eigenvalue weighted by Gasteiger charge is 2.18. The molecule has 96 valence electrons. The van der Waals surface area contributed by atoms with Crippen LogP contribution in [0.1, 0.15) is 16.3 Å². The third kappa shape index (κ3) is 2.05. The highest BCUT2D eigenvalue weighted by Crippen LogP contribution is 2.16. The maximum Gasteiger partial charge on any atom is 0.275 e. The highest BCUT2D eigenvalue weighted by molar-refractivity contribution is 6.04. The van der Waals surface area contributed by atoms with Crippen molar-refractivity contribution >= 4 is 16.8 Å². The van der Waals surface area contributed by atoms with E-state index in [4.69, 9.17) is 0 Å².